The van der Waals surface area contributed by atoms with Gasteiger partial charge < -0.3 is 25.4 Å². The van der Waals surface area contributed by atoms with Crippen molar-refractivity contribution in [2.45, 2.75) is 83.2 Å². The van der Waals surface area contributed by atoms with E-state index in [0.29, 0.717) is 0 Å². The molecule has 0 fully saturated rings. The zero-order chi connectivity index (χ0) is 34.6. The zero-order valence-corrected chi connectivity index (χ0v) is 25.0. The second-order valence-electron chi connectivity index (χ2n) is 11.8. The molecule has 45 heavy (non-hydrogen) atoms. The number of amides is 3. The minimum Gasteiger partial charge on any atom is -0.456 e. The van der Waals surface area contributed by atoms with Crippen molar-refractivity contribution in [3.63, 3.8) is 0 Å². The number of benzene rings is 2. The highest BCUT2D eigenvalue weighted by molar-refractivity contribution is 5.98. The standard InChI is InChI=1S/C29H32F7N3O6/c1-25(2,3)44-22(41)17-9-13-18(14-10-17)37-21(40)20(39-24(43)45-26(4,5)6)15-16-7-11-19(12-8-16)38-23(42)27(30,31)28(32,33)29(34,35)36/h7-14,20H,15H2,1-6H3,(H,37,40)(H,38,42)(H,39,43)/t20-/m0/s1. The first-order chi connectivity index (χ1) is 20.3. The maximum absolute atomic E-state index is 13.7. The molecule has 0 aliphatic heterocycles. The first kappa shape index (κ1) is 36.8. The van der Waals surface area contributed by atoms with Crippen LogP contribution >= 0.6 is 0 Å². The van der Waals surface area contributed by atoms with E-state index in [1.54, 1.807) is 41.5 Å². The number of alkyl halides is 7. The SMILES string of the molecule is CC(C)(C)OC(=O)N[C@@H](Cc1ccc(NC(=O)C(F)(F)C(F)(F)C(F)(F)F)cc1)C(=O)Nc1ccc(C(=O)OC(C)(C)C)cc1. The van der Waals surface area contributed by atoms with Gasteiger partial charge in [-0.15, -0.1) is 0 Å². The third kappa shape index (κ3) is 10.4. The van der Waals surface area contributed by atoms with Crippen molar-refractivity contribution in [1.29, 1.82) is 0 Å². The van der Waals surface area contributed by atoms with Crippen LogP contribution < -0.4 is 16.0 Å². The number of nitrogens with one attached hydrogen (secondary N) is 3. The molecule has 248 valence electrons. The number of esters is 1. The van der Waals surface area contributed by atoms with Crippen molar-refractivity contribution in [2.24, 2.45) is 0 Å². The summed E-state index contributed by atoms with van der Waals surface area (Å²) in [7, 11) is 0. The van der Waals surface area contributed by atoms with E-state index in [4.69, 9.17) is 9.47 Å². The third-order valence-corrected chi connectivity index (χ3v) is 5.48. The Morgan fingerprint density at radius 3 is 1.62 bits per heavy atom. The van der Waals surface area contributed by atoms with Gasteiger partial charge in [0.15, 0.2) is 0 Å². The van der Waals surface area contributed by atoms with Gasteiger partial charge in [-0.1, -0.05) is 12.1 Å². The van der Waals surface area contributed by atoms with E-state index in [9.17, 15) is 49.9 Å². The Hall–Kier alpha value is -4.37. The number of anilines is 2. The van der Waals surface area contributed by atoms with Crippen LogP contribution in [0.4, 0.5) is 46.9 Å². The molecule has 3 amide bonds. The number of hydrogen-bond donors (Lipinski definition) is 3. The molecule has 0 aliphatic rings. The van der Waals surface area contributed by atoms with Crippen molar-refractivity contribution >= 4 is 35.3 Å². The molecule has 16 heteroatoms. The fraction of sp³-hybridized carbons (Fsp3) is 0.448. The number of rotatable bonds is 9. The van der Waals surface area contributed by atoms with Crippen LogP contribution in [0.2, 0.25) is 0 Å². The van der Waals surface area contributed by atoms with Crippen LogP contribution in [-0.4, -0.2) is 59.1 Å². The molecule has 0 saturated carbocycles. The van der Waals surface area contributed by atoms with Gasteiger partial charge in [0.05, 0.1) is 5.56 Å². The lowest BCUT2D eigenvalue weighted by molar-refractivity contribution is -0.343. The van der Waals surface area contributed by atoms with Gasteiger partial charge in [-0.2, -0.15) is 30.7 Å². The summed E-state index contributed by atoms with van der Waals surface area (Å²) in [5.74, 6) is -17.0. The van der Waals surface area contributed by atoms with Crippen LogP contribution in [0, 0.1) is 0 Å². The predicted molar refractivity (Wildman–Crippen MR) is 148 cm³/mol. The van der Waals surface area contributed by atoms with E-state index >= 15 is 0 Å². The second-order valence-corrected chi connectivity index (χ2v) is 11.8. The third-order valence-electron chi connectivity index (χ3n) is 5.48. The summed E-state index contributed by atoms with van der Waals surface area (Å²) in [6.45, 7) is 9.82. The second kappa shape index (κ2) is 13.3. The molecule has 1 atom stereocenters. The highest BCUT2D eigenvalue weighted by Crippen LogP contribution is 2.46. The molecule has 9 nitrogen and oxygen atoms in total. The lowest BCUT2D eigenvalue weighted by Crippen LogP contribution is -2.57. The molecule has 3 N–H and O–H groups in total. The molecule has 2 aromatic carbocycles. The van der Waals surface area contributed by atoms with E-state index in [1.165, 1.54) is 29.6 Å². The summed E-state index contributed by atoms with van der Waals surface area (Å²) in [6.07, 6.45) is -7.91. The molecule has 0 bridgehead atoms. The van der Waals surface area contributed by atoms with Gasteiger partial charge in [-0.3, -0.25) is 9.59 Å². The van der Waals surface area contributed by atoms with E-state index in [-0.39, 0.29) is 23.2 Å². The van der Waals surface area contributed by atoms with Gasteiger partial charge in [-0.25, -0.2) is 9.59 Å². The Kier molecular flexibility index (Phi) is 10.9. The van der Waals surface area contributed by atoms with E-state index in [0.717, 1.165) is 24.3 Å². The summed E-state index contributed by atoms with van der Waals surface area (Å²) in [5.41, 5.74) is -1.53. The fourth-order valence-electron chi connectivity index (χ4n) is 3.41. The van der Waals surface area contributed by atoms with Gasteiger partial charge in [0.1, 0.15) is 17.2 Å². The maximum Gasteiger partial charge on any atom is 0.460 e. The highest BCUT2D eigenvalue weighted by atomic mass is 19.4. The van der Waals surface area contributed by atoms with Crippen LogP contribution in [0.1, 0.15) is 57.5 Å². The molecule has 0 heterocycles. The van der Waals surface area contributed by atoms with Crippen LogP contribution in [0.5, 0.6) is 0 Å². The predicted octanol–water partition coefficient (Wildman–Crippen LogP) is 6.49. The van der Waals surface area contributed by atoms with Crippen molar-refractivity contribution in [1.82, 2.24) is 5.32 Å². The Morgan fingerprint density at radius 1 is 0.689 bits per heavy atom. The van der Waals surface area contributed by atoms with Crippen LogP contribution in [0.15, 0.2) is 48.5 Å². The van der Waals surface area contributed by atoms with Crippen molar-refractivity contribution in [3.05, 3.63) is 59.7 Å². The van der Waals surface area contributed by atoms with Crippen LogP contribution in [0.25, 0.3) is 0 Å². The van der Waals surface area contributed by atoms with E-state index in [2.05, 4.69) is 10.6 Å². The average Bonchev–Trinajstić information content (AvgIpc) is 2.86. The van der Waals surface area contributed by atoms with E-state index in [1.807, 2.05) is 0 Å². The largest absolute Gasteiger partial charge is 0.460 e. The minimum atomic E-state index is -6.69. The monoisotopic (exact) mass is 651 g/mol. The first-order valence-corrected chi connectivity index (χ1v) is 13.2. The number of carbonyl (C=O) groups is 4. The van der Waals surface area contributed by atoms with Gasteiger partial charge >= 0.3 is 36.0 Å². The molecule has 2 aromatic rings. The molecule has 0 radical (unpaired) electrons. The van der Waals surface area contributed by atoms with Gasteiger partial charge in [-0.05, 0) is 83.5 Å². The lowest BCUT2D eigenvalue weighted by atomic mass is 10.0. The van der Waals surface area contributed by atoms with Crippen molar-refractivity contribution < 1.29 is 59.4 Å². The molecular weight excluding hydrogens is 619 g/mol. The van der Waals surface area contributed by atoms with Crippen LogP contribution in [-0.2, 0) is 25.5 Å². The van der Waals surface area contributed by atoms with Gasteiger partial charge in [0.25, 0.3) is 0 Å². The Bertz CT molecular complexity index is 1380. The summed E-state index contributed by atoms with van der Waals surface area (Å²) < 4.78 is 101. The first-order valence-electron chi connectivity index (χ1n) is 13.2. The average molecular weight is 652 g/mol. The molecular formula is C29H32F7N3O6. The number of carbonyl (C=O) groups excluding carboxylic acids is 4. The number of halogens is 7. The Labute approximate surface area is 253 Å². The summed E-state index contributed by atoms with van der Waals surface area (Å²) in [6, 6.07) is 8.47. The smallest absolute Gasteiger partial charge is 0.456 e. The number of alkyl carbamates (subject to hydrolysis) is 1. The number of hydrogen-bond acceptors (Lipinski definition) is 6. The highest BCUT2D eigenvalue weighted by Gasteiger charge is 2.76. The normalized spacial score (nSPS) is 13.4. The maximum atomic E-state index is 13.7. The quantitative estimate of drug-likeness (QED) is 0.211. The van der Waals surface area contributed by atoms with Gasteiger partial charge in [0, 0.05) is 17.8 Å². The summed E-state index contributed by atoms with van der Waals surface area (Å²) in [5, 5.41) is 6.26. The molecule has 0 aromatic heterocycles. The van der Waals surface area contributed by atoms with E-state index < -0.39 is 64.8 Å². The topological polar surface area (TPSA) is 123 Å². The minimum absolute atomic E-state index is 0.207. The summed E-state index contributed by atoms with van der Waals surface area (Å²) in [4.78, 5) is 49.5. The van der Waals surface area contributed by atoms with Crippen molar-refractivity contribution in [2.75, 3.05) is 10.6 Å². The molecule has 2 rings (SSSR count). The lowest BCUT2D eigenvalue weighted by Gasteiger charge is -2.27. The molecule has 0 unspecified atom stereocenters. The fourth-order valence-corrected chi connectivity index (χ4v) is 3.41. The van der Waals surface area contributed by atoms with Crippen molar-refractivity contribution in [3.8, 4) is 0 Å². The van der Waals surface area contributed by atoms with Gasteiger partial charge in [0.2, 0.25) is 5.91 Å². The molecule has 0 spiro atoms. The Balaban J connectivity index is 2.21. The Morgan fingerprint density at radius 2 is 1.16 bits per heavy atom. The zero-order valence-electron chi connectivity index (χ0n) is 25.0. The number of ether oxygens (including phenoxy) is 2. The summed E-state index contributed by atoms with van der Waals surface area (Å²) >= 11 is 0. The molecule has 0 saturated heterocycles. The van der Waals surface area contributed by atoms with Crippen LogP contribution in [0.3, 0.4) is 0 Å². The molecule has 0 aliphatic carbocycles.